The Hall–Kier alpha value is -3.21. The summed E-state index contributed by atoms with van der Waals surface area (Å²) in [7, 11) is 3.29. The van der Waals surface area contributed by atoms with Crippen LogP contribution in [0.2, 0.25) is 0 Å². The van der Waals surface area contributed by atoms with Crippen molar-refractivity contribution in [3.63, 3.8) is 0 Å². The maximum absolute atomic E-state index is 13.1. The second-order valence-electron chi connectivity index (χ2n) is 7.54. The normalized spacial score (nSPS) is 13.8. The van der Waals surface area contributed by atoms with E-state index < -0.39 is 0 Å². The molecule has 0 bridgehead atoms. The summed E-state index contributed by atoms with van der Waals surface area (Å²) >= 11 is 0. The average molecular weight is 436 g/mol. The molecule has 5 heteroatoms. The van der Waals surface area contributed by atoms with Crippen molar-refractivity contribution >= 4 is 17.5 Å². The Morgan fingerprint density at radius 2 is 1.72 bits per heavy atom. The number of nitrogens with zero attached hydrogens (tertiary/aromatic N) is 1. The number of hydrogen-bond donors (Lipinski definition) is 2. The van der Waals surface area contributed by atoms with Gasteiger partial charge in [0.1, 0.15) is 0 Å². The number of allylic oxidation sites excluding steroid dienone is 4. The van der Waals surface area contributed by atoms with Crippen LogP contribution in [0.5, 0.6) is 0 Å². The monoisotopic (exact) mass is 435 g/mol. The minimum atomic E-state index is -0.242. The largest absolute Gasteiger partial charge is 0.355 e. The summed E-state index contributed by atoms with van der Waals surface area (Å²) in [6, 6.07) is 10.2. The molecule has 0 heterocycles. The van der Waals surface area contributed by atoms with Gasteiger partial charge in [-0.2, -0.15) is 0 Å². The molecule has 0 aliphatic rings. The first-order valence-corrected chi connectivity index (χ1v) is 11.1. The summed E-state index contributed by atoms with van der Waals surface area (Å²) < 4.78 is 0. The Morgan fingerprint density at radius 3 is 2.28 bits per heavy atom. The van der Waals surface area contributed by atoms with Crippen LogP contribution in [-0.2, 0) is 16.0 Å². The van der Waals surface area contributed by atoms with Crippen LogP contribution in [-0.4, -0.2) is 38.2 Å². The van der Waals surface area contributed by atoms with Crippen LogP contribution < -0.4 is 10.6 Å². The molecule has 0 radical (unpaired) electrons. The smallest absolute Gasteiger partial charge is 0.251 e. The van der Waals surface area contributed by atoms with E-state index in [2.05, 4.69) is 41.6 Å². The van der Waals surface area contributed by atoms with Gasteiger partial charge in [-0.1, -0.05) is 55.8 Å². The van der Waals surface area contributed by atoms with E-state index in [4.69, 9.17) is 0 Å². The number of amides is 2. The third-order valence-electron chi connectivity index (χ3n) is 5.13. The van der Waals surface area contributed by atoms with Crippen LogP contribution in [0.25, 0.3) is 0 Å². The van der Waals surface area contributed by atoms with Crippen LogP contribution in [0.4, 0.5) is 0 Å². The average Bonchev–Trinajstić information content (AvgIpc) is 2.82. The SMILES string of the molecule is CC/C=C\C(CNC(=O)C(/C=C(\C)C(=O)NC)=C/C(Cc1ccccc1)=C(\C)CC)=N/C. The zero-order valence-electron chi connectivity index (χ0n) is 20.3. The van der Waals surface area contributed by atoms with E-state index in [-0.39, 0.29) is 11.8 Å². The summed E-state index contributed by atoms with van der Waals surface area (Å²) in [5, 5.41) is 5.56. The van der Waals surface area contributed by atoms with Crippen molar-refractivity contribution in [2.45, 2.75) is 47.0 Å². The minimum absolute atomic E-state index is 0.216. The van der Waals surface area contributed by atoms with Crippen molar-refractivity contribution in [1.82, 2.24) is 10.6 Å². The highest BCUT2D eigenvalue weighted by Crippen LogP contribution is 2.19. The highest BCUT2D eigenvalue weighted by atomic mass is 16.2. The molecule has 0 spiro atoms. The maximum Gasteiger partial charge on any atom is 0.251 e. The Kier molecular flexibility index (Phi) is 12.4. The highest BCUT2D eigenvalue weighted by molar-refractivity contribution is 6.04. The van der Waals surface area contributed by atoms with Gasteiger partial charge in [0, 0.05) is 25.2 Å². The van der Waals surface area contributed by atoms with E-state index in [9.17, 15) is 9.59 Å². The van der Waals surface area contributed by atoms with E-state index in [1.165, 1.54) is 11.1 Å². The third-order valence-corrected chi connectivity index (χ3v) is 5.13. The Balaban J connectivity index is 3.33. The van der Waals surface area contributed by atoms with Crippen LogP contribution in [0.3, 0.4) is 0 Å². The lowest BCUT2D eigenvalue weighted by Gasteiger charge is -2.12. The van der Waals surface area contributed by atoms with E-state index >= 15 is 0 Å². The first kappa shape index (κ1) is 26.8. The first-order valence-electron chi connectivity index (χ1n) is 11.1. The molecule has 0 saturated carbocycles. The molecule has 1 aromatic rings. The molecule has 0 aromatic heterocycles. The van der Waals surface area contributed by atoms with Crippen molar-refractivity contribution in [1.29, 1.82) is 0 Å². The lowest BCUT2D eigenvalue weighted by Crippen LogP contribution is -2.30. The number of rotatable bonds is 11. The Labute approximate surface area is 193 Å². The molecule has 0 unspecified atom stereocenters. The van der Waals surface area contributed by atoms with Gasteiger partial charge in [-0.3, -0.25) is 14.6 Å². The molecule has 0 aliphatic carbocycles. The second kappa shape index (κ2) is 14.7. The summed E-state index contributed by atoms with van der Waals surface area (Å²) in [5.74, 6) is -0.458. The van der Waals surface area contributed by atoms with Crippen LogP contribution in [0.15, 0.2) is 81.9 Å². The number of nitrogens with one attached hydrogen (secondary N) is 2. The zero-order chi connectivity index (χ0) is 23.9. The van der Waals surface area contributed by atoms with E-state index in [1.54, 1.807) is 27.1 Å². The molecule has 0 fully saturated rings. The van der Waals surface area contributed by atoms with Gasteiger partial charge >= 0.3 is 0 Å². The van der Waals surface area contributed by atoms with Gasteiger partial charge in [0.15, 0.2) is 0 Å². The van der Waals surface area contributed by atoms with Gasteiger partial charge in [-0.15, -0.1) is 0 Å². The number of aliphatic imine (C=N–C) groups is 1. The molecule has 32 heavy (non-hydrogen) atoms. The fourth-order valence-corrected chi connectivity index (χ4v) is 2.96. The van der Waals surface area contributed by atoms with Crippen molar-refractivity contribution < 1.29 is 9.59 Å². The fraction of sp³-hybridized carbons (Fsp3) is 0.370. The number of benzene rings is 1. The quantitative estimate of drug-likeness (QED) is 0.300. The Morgan fingerprint density at radius 1 is 1.03 bits per heavy atom. The highest BCUT2D eigenvalue weighted by Gasteiger charge is 2.13. The summed E-state index contributed by atoms with van der Waals surface area (Å²) in [5.41, 5.74) is 5.14. The molecule has 1 rings (SSSR count). The fourth-order valence-electron chi connectivity index (χ4n) is 2.96. The molecular formula is C27H37N3O2. The number of likely N-dealkylation sites (N-methyl/N-ethyl adjacent to an activating group) is 1. The Bertz CT molecular complexity index is 919. The number of carbonyl (C=O) groups excluding carboxylic acids is 2. The van der Waals surface area contributed by atoms with E-state index in [1.807, 2.05) is 43.4 Å². The molecule has 0 atom stereocenters. The third kappa shape index (κ3) is 9.29. The van der Waals surface area contributed by atoms with Gasteiger partial charge in [0.05, 0.1) is 12.3 Å². The first-order chi connectivity index (χ1) is 15.4. The van der Waals surface area contributed by atoms with Crippen LogP contribution in [0.1, 0.15) is 46.1 Å². The summed E-state index contributed by atoms with van der Waals surface area (Å²) in [6.07, 6.45) is 9.95. The lowest BCUT2D eigenvalue weighted by molar-refractivity contribution is -0.117. The van der Waals surface area contributed by atoms with Gasteiger partial charge in [-0.25, -0.2) is 0 Å². The molecule has 2 N–H and O–H groups in total. The molecule has 172 valence electrons. The van der Waals surface area contributed by atoms with Gasteiger partial charge in [-0.05, 0) is 62.5 Å². The van der Waals surface area contributed by atoms with Gasteiger partial charge < -0.3 is 10.6 Å². The molecule has 2 amide bonds. The van der Waals surface area contributed by atoms with Crippen molar-refractivity contribution in [3.05, 3.63) is 82.5 Å². The van der Waals surface area contributed by atoms with Crippen molar-refractivity contribution in [2.24, 2.45) is 4.99 Å². The predicted octanol–water partition coefficient (Wildman–Crippen LogP) is 4.73. The summed E-state index contributed by atoms with van der Waals surface area (Å²) in [6.45, 7) is 8.25. The second-order valence-corrected chi connectivity index (χ2v) is 7.54. The lowest BCUT2D eigenvalue weighted by atomic mass is 9.96. The van der Waals surface area contributed by atoms with Crippen molar-refractivity contribution in [2.75, 3.05) is 20.6 Å². The molecule has 5 nitrogen and oxygen atoms in total. The standard InChI is InChI=1S/C27H37N3O2/c1-7-9-15-25(28-5)19-30-27(32)24(16-21(4)26(31)29-6)18-23(20(3)8-2)17-22-13-11-10-12-14-22/h9-16,18H,7-8,17,19H2,1-6H3,(H,29,31)(H,30,32)/b15-9-,21-16+,23-20+,24-18+,28-25+. The minimum Gasteiger partial charge on any atom is -0.355 e. The van der Waals surface area contributed by atoms with Crippen LogP contribution >= 0.6 is 0 Å². The van der Waals surface area contributed by atoms with Crippen LogP contribution in [0, 0.1) is 0 Å². The van der Waals surface area contributed by atoms with Gasteiger partial charge in [0.25, 0.3) is 5.91 Å². The van der Waals surface area contributed by atoms with Crippen molar-refractivity contribution in [3.8, 4) is 0 Å². The van der Waals surface area contributed by atoms with E-state index in [0.29, 0.717) is 24.1 Å². The number of carbonyl (C=O) groups is 2. The molecule has 0 saturated heterocycles. The summed E-state index contributed by atoms with van der Waals surface area (Å²) in [4.78, 5) is 29.4. The topological polar surface area (TPSA) is 70.6 Å². The van der Waals surface area contributed by atoms with Gasteiger partial charge in [0.2, 0.25) is 5.91 Å². The number of hydrogen-bond acceptors (Lipinski definition) is 3. The molecular weight excluding hydrogens is 398 g/mol. The van der Waals surface area contributed by atoms with E-state index in [0.717, 1.165) is 24.1 Å². The molecule has 0 aliphatic heterocycles. The zero-order valence-corrected chi connectivity index (χ0v) is 20.3. The molecule has 1 aromatic carbocycles. The predicted molar refractivity (Wildman–Crippen MR) is 135 cm³/mol. The maximum atomic E-state index is 13.1.